The van der Waals surface area contributed by atoms with E-state index >= 15 is 0 Å². The number of carbonyl (C=O) groups excluding carboxylic acids is 2. The number of carbonyl (C=O) groups is 2. The van der Waals surface area contributed by atoms with Gasteiger partial charge in [-0.15, -0.1) is 5.10 Å². The van der Waals surface area contributed by atoms with Crippen LogP contribution in [0.5, 0.6) is 5.75 Å². The van der Waals surface area contributed by atoms with E-state index in [2.05, 4.69) is 14.9 Å². The molecule has 0 saturated heterocycles. The van der Waals surface area contributed by atoms with Crippen molar-refractivity contribution in [3.63, 3.8) is 0 Å². The molecule has 4 rings (SSSR count). The van der Waals surface area contributed by atoms with Crippen molar-refractivity contribution in [2.24, 2.45) is 0 Å². The molecule has 3 aromatic rings. The number of ether oxygens (including phenoxy) is 1. The molecule has 0 aliphatic heterocycles. The molecule has 0 radical (unpaired) electrons. The molecule has 2 amide bonds. The highest BCUT2D eigenvalue weighted by atomic mass is 32.1. The Bertz CT molecular complexity index is 1030. The second kappa shape index (κ2) is 9.26. The van der Waals surface area contributed by atoms with E-state index in [1.165, 1.54) is 0 Å². The molecule has 1 atom stereocenters. The minimum absolute atomic E-state index is 0.0206. The van der Waals surface area contributed by atoms with Crippen LogP contribution in [0.15, 0.2) is 53.9 Å². The van der Waals surface area contributed by atoms with Gasteiger partial charge in [0.15, 0.2) is 5.69 Å². The lowest BCUT2D eigenvalue weighted by atomic mass is 10.0. The normalized spacial score (nSPS) is 14.0. The number of hydrogen-bond acceptors (Lipinski definition) is 6. The average Bonchev–Trinajstić information content (AvgIpc) is 3.48. The largest absolute Gasteiger partial charge is 0.497 e. The molecule has 160 valence electrons. The Morgan fingerprint density at radius 2 is 1.87 bits per heavy atom. The topological polar surface area (TPSA) is 84.4 Å². The van der Waals surface area contributed by atoms with Gasteiger partial charge in [-0.3, -0.25) is 9.59 Å². The van der Waals surface area contributed by atoms with Crippen molar-refractivity contribution in [3.05, 3.63) is 76.3 Å². The summed E-state index contributed by atoms with van der Waals surface area (Å²) in [6.45, 7) is 2.35. The molecular weight excluding hydrogens is 412 g/mol. The van der Waals surface area contributed by atoms with E-state index in [-0.39, 0.29) is 23.6 Å². The number of amides is 2. The Morgan fingerprint density at radius 3 is 2.45 bits per heavy atom. The summed E-state index contributed by atoms with van der Waals surface area (Å²) in [5, 5.41) is 8.57. The predicted molar refractivity (Wildman–Crippen MR) is 118 cm³/mol. The third-order valence-corrected chi connectivity index (χ3v) is 5.80. The van der Waals surface area contributed by atoms with Crippen LogP contribution in [0, 0.1) is 6.92 Å². The second-order valence-corrected chi connectivity index (χ2v) is 8.22. The summed E-state index contributed by atoms with van der Waals surface area (Å²) < 4.78 is 9.00. The van der Waals surface area contributed by atoms with E-state index in [1.54, 1.807) is 17.4 Å². The fraction of sp³-hybridized carbons (Fsp3) is 0.304. The lowest BCUT2D eigenvalue weighted by molar-refractivity contribution is -0.126. The van der Waals surface area contributed by atoms with Gasteiger partial charge in [-0.25, -0.2) is 0 Å². The van der Waals surface area contributed by atoms with E-state index in [9.17, 15) is 9.59 Å². The molecule has 1 aromatic heterocycles. The number of benzene rings is 2. The Kier molecular flexibility index (Phi) is 6.27. The Balaban J connectivity index is 1.60. The number of methoxy groups -OCH3 is 1. The fourth-order valence-electron chi connectivity index (χ4n) is 3.45. The molecule has 1 aliphatic carbocycles. The van der Waals surface area contributed by atoms with E-state index < -0.39 is 6.04 Å². The zero-order valence-corrected chi connectivity index (χ0v) is 18.3. The Morgan fingerprint density at radius 1 is 1.16 bits per heavy atom. The zero-order chi connectivity index (χ0) is 21.8. The van der Waals surface area contributed by atoms with Crippen LogP contribution in [-0.2, 0) is 11.3 Å². The monoisotopic (exact) mass is 436 g/mol. The summed E-state index contributed by atoms with van der Waals surface area (Å²) in [5.41, 5.74) is 3.09. The van der Waals surface area contributed by atoms with E-state index in [4.69, 9.17) is 4.74 Å². The summed E-state index contributed by atoms with van der Waals surface area (Å²) in [7, 11) is 1.62. The zero-order valence-electron chi connectivity index (χ0n) is 17.4. The van der Waals surface area contributed by atoms with Crippen LogP contribution in [0.3, 0.4) is 0 Å². The van der Waals surface area contributed by atoms with Crippen LogP contribution < -0.4 is 10.1 Å². The molecule has 2 aromatic carbocycles. The number of nitrogens with zero attached hydrogens (tertiary/aromatic N) is 3. The van der Waals surface area contributed by atoms with Crippen molar-refractivity contribution < 1.29 is 14.3 Å². The molecule has 1 N–H and O–H groups in total. The van der Waals surface area contributed by atoms with Gasteiger partial charge in [0.05, 0.1) is 7.11 Å². The maximum absolute atomic E-state index is 13.4. The van der Waals surface area contributed by atoms with Crippen molar-refractivity contribution in [1.29, 1.82) is 0 Å². The van der Waals surface area contributed by atoms with Crippen molar-refractivity contribution in [2.45, 2.75) is 38.4 Å². The minimum Gasteiger partial charge on any atom is -0.497 e. The molecule has 1 aliphatic rings. The first kappa shape index (κ1) is 21.0. The van der Waals surface area contributed by atoms with Gasteiger partial charge in [0.2, 0.25) is 5.91 Å². The molecule has 1 fully saturated rings. The van der Waals surface area contributed by atoms with Crippen molar-refractivity contribution in [1.82, 2.24) is 19.8 Å². The Hall–Kier alpha value is -3.26. The van der Waals surface area contributed by atoms with Crippen LogP contribution in [0.25, 0.3) is 0 Å². The molecular formula is C23H24N4O3S. The molecule has 31 heavy (non-hydrogen) atoms. The van der Waals surface area contributed by atoms with Gasteiger partial charge in [0.1, 0.15) is 11.8 Å². The molecule has 0 spiro atoms. The van der Waals surface area contributed by atoms with Gasteiger partial charge in [-0.05, 0) is 54.6 Å². The van der Waals surface area contributed by atoms with Crippen LogP contribution in [0.2, 0.25) is 0 Å². The van der Waals surface area contributed by atoms with E-state index in [1.807, 2.05) is 55.5 Å². The van der Waals surface area contributed by atoms with Gasteiger partial charge in [-0.2, -0.15) is 0 Å². The van der Waals surface area contributed by atoms with Crippen LogP contribution >= 0.6 is 11.5 Å². The Labute approximate surface area is 185 Å². The molecule has 0 bridgehead atoms. The molecule has 1 heterocycles. The van der Waals surface area contributed by atoms with E-state index in [0.29, 0.717) is 6.54 Å². The van der Waals surface area contributed by atoms with Crippen molar-refractivity contribution in [2.75, 3.05) is 7.11 Å². The standard InChI is InChI=1S/C23H24N4O3S/c1-15-3-7-17(8-4-15)21(22(28)24-13-16-5-11-19(30-2)12-6-16)27(18-9-10-18)23(29)20-14-31-26-25-20/h3-8,11-12,14,18,21H,9-10,13H2,1-2H3,(H,24,28). The lowest BCUT2D eigenvalue weighted by Gasteiger charge is -2.31. The quantitative estimate of drug-likeness (QED) is 0.584. The van der Waals surface area contributed by atoms with Gasteiger partial charge >= 0.3 is 0 Å². The molecule has 8 heteroatoms. The highest BCUT2D eigenvalue weighted by Crippen LogP contribution is 2.36. The summed E-state index contributed by atoms with van der Waals surface area (Å²) in [6, 6.07) is 14.5. The summed E-state index contributed by atoms with van der Waals surface area (Å²) in [4.78, 5) is 28.3. The average molecular weight is 437 g/mol. The van der Waals surface area contributed by atoms with Gasteiger partial charge < -0.3 is 15.0 Å². The number of nitrogens with one attached hydrogen (secondary N) is 1. The molecule has 7 nitrogen and oxygen atoms in total. The number of rotatable bonds is 8. The lowest BCUT2D eigenvalue weighted by Crippen LogP contribution is -2.45. The summed E-state index contributed by atoms with van der Waals surface area (Å²) >= 11 is 1.13. The van der Waals surface area contributed by atoms with Crippen molar-refractivity contribution in [3.8, 4) is 5.75 Å². The van der Waals surface area contributed by atoms with Gasteiger partial charge in [-0.1, -0.05) is 46.4 Å². The maximum atomic E-state index is 13.4. The van der Waals surface area contributed by atoms with Gasteiger partial charge in [0.25, 0.3) is 5.91 Å². The summed E-state index contributed by atoms with van der Waals surface area (Å²) in [5.74, 6) is 0.277. The summed E-state index contributed by atoms with van der Waals surface area (Å²) in [6.07, 6.45) is 1.74. The number of aromatic nitrogens is 2. The van der Waals surface area contributed by atoms with Gasteiger partial charge in [0, 0.05) is 18.0 Å². The first-order valence-electron chi connectivity index (χ1n) is 10.1. The van der Waals surface area contributed by atoms with Crippen LogP contribution in [0.4, 0.5) is 0 Å². The minimum atomic E-state index is -0.736. The highest BCUT2D eigenvalue weighted by Gasteiger charge is 2.42. The van der Waals surface area contributed by atoms with E-state index in [0.717, 1.165) is 46.8 Å². The van der Waals surface area contributed by atoms with Crippen LogP contribution in [0.1, 0.15) is 46.1 Å². The van der Waals surface area contributed by atoms with Crippen LogP contribution in [-0.4, -0.2) is 39.5 Å². The first-order valence-corrected chi connectivity index (χ1v) is 11.0. The van der Waals surface area contributed by atoms with Crippen molar-refractivity contribution >= 4 is 23.3 Å². The fourth-order valence-corrected chi connectivity index (χ4v) is 3.88. The predicted octanol–water partition coefficient (Wildman–Crippen LogP) is 3.52. The highest BCUT2D eigenvalue weighted by molar-refractivity contribution is 7.03. The maximum Gasteiger partial charge on any atom is 0.276 e. The SMILES string of the molecule is COc1ccc(CNC(=O)C(c2ccc(C)cc2)N(C(=O)c2csnn2)C2CC2)cc1. The third kappa shape index (κ3) is 4.91. The molecule has 1 unspecified atom stereocenters. The smallest absolute Gasteiger partial charge is 0.276 e. The third-order valence-electron chi connectivity index (χ3n) is 5.30. The first-order chi connectivity index (χ1) is 15.1. The second-order valence-electron chi connectivity index (χ2n) is 7.61. The number of hydrogen-bond donors (Lipinski definition) is 1. The molecule has 1 saturated carbocycles. The number of aryl methyl sites for hydroxylation is 1.